The molecule has 1 aliphatic heterocycles. The Labute approximate surface area is 192 Å². The van der Waals surface area contributed by atoms with Crippen LogP contribution in [0.3, 0.4) is 0 Å². The van der Waals surface area contributed by atoms with Crippen molar-refractivity contribution in [3.8, 4) is 0 Å². The number of carbonyl (C=O) groups is 2. The van der Waals surface area contributed by atoms with Crippen LogP contribution in [0.25, 0.3) is 0 Å². The summed E-state index contributed by atoms with van der Waals surface area (Å²) < 4.78 is 28.6. The predicted octanol–water partition coefficient (Wildman–Crippen LogP) is 1.92. The molecule has 0 spiro atoms. The zero-order chi connectivity index (χ0) is 22.9. The van der Waals surface area contributed by atoms with Gasteiger partial charge < -0.3 is 4.57 Å². The Kier molecular flexibility index (Phi) is 6.68. The molecule has 2 amide bonds. The highest BCUT2D eigenvalue weighted by molar-refractivity contribution is 7.89. The Bertz CT molecular complexity index is 1070. The molecular weight excluding hydrogens is 450 g/mol. The average molecular weight is 480 g/mol. The van der Waals surface area contributed by atoms with E-state index in [1.54, 1.807) is 18.5 Å². The van der Waals surface area contributed by atoms with Crippen LogP contribution in [0, 0.1) is 12.8 Å². The highest BCUT2D eigenvalue weighted by Gasteiger charge is 2.33. The van der Waals surface area contributed by atoms with Crippen LogP contribution in [-0.4, -0.2) is 47.2 Å². The molecule has 3 heterocycles. The van der Waals surface area contributed by atoms with Crippen LogP contribution >= 0.6 is 11.3 Å². The van der Waals surface area contributed by atoms with Gasteiger partial charge in [0.2, 0.25) is 5.91 Å². The van der Waals surface area contributed by atoms with Gasteiger partial charge in [0.15, 0.2) is 5.03 Å². The lowest BCUT2D eigenvalue weighted by Crippen LogP contribution is -2.48. The van der Waals surface area contributed by atoms with Crippen molar-refractivity contribution in [3.05, 3.63) is 33.4 Å². The first-order chi connectivity index (χ1) is 15.3. The molecule has 1 saturated heterocycles. The molecule has 0 unspecified atom stereocenters. The van der Waals surface area contributed by atoms with Crippen LogP contribution in [-0.2, 0) is 34.7 Å². The lowest BCUT2D eigenvalue weighted by atomic mass is 9.98. The molecule has 4 rings (SSSR count). The standard InChI is InChI=1S/C21H29N5O4S2/c1-14-22-19(13-25(14)2)32(29,30)26-10-8-15(9-11-26)20(27)23-24-21(28)18-12-16-6-4-3-5-7-17(16)31-18/h12-13,15H,3-11H2,1-2H3,(H,23,27)(H,24,28). The number of nitrogens with one attached hydrogen (secondary N) is 2. The fourth-order valence-corrected chi connectivity index (χ4v) is 6.85. The Morgan fingerprint density at radius 2 is 1.84 bits per heavy atom. The lowest BCUT2D eigenvalue weighted by molar-refractivity contribution is -0.126. The summed E-state index contributed by atoms with van der Waals surface area (Å²) in [6.07, 6.45) is 7.82. The van der Waals surface area contributed by atoms with Crippen LogP contribution in [0.5, 0.6) is 0 Å². The van der Waals surface area contributed by atoms with Gasteiger partial charge in [-0.2, -0.15) is 4.31 Å². The summed E-state index contributed by atoms with van der Waals surface area (Å²) >= 11 is 1.50. The zero-order valence-corrected chi connectivity index (χ0v) is 20.0. The number of aryl methyl sites for hydroxylation is 4. The monoisotopic (exact) mass is 479 g/mol. The van der Waals surface area contributed by atoms with E-state index in [2.05, 4.69) is 15.8 Å². The second-order valence-corrected chi connectivity index (χ2v) is 11.5. The third-order valence-electron chi connectivity index (χ3n) is 6.29. The molecule has 0 atom stereocenters. The van der Waals surface area contributed by atoms with Gasteiger partial charge in [-0.05, 0) is 57.1 Å². The minimum atomic E-state index is -3.68. The van der Waals surface area contributed by atoms with Crippen LogP contribution < -0.4 is 10.9 Å². The van der Waals surface area contributed by atoms with Crippen LogP contribution in [0.2, 0.25) is 0 Å². The van der Waals surface area contributed by atoms with Crippen molar-refractivity contribution in [3.63, 3.8) is 0 Å². The Balaban J connectivity index is 1.29. The van der Waals surface area contributed by atoms with Gasteiger partial charge in [-0.15, -0.1) is 11.3 Å². The molecule has 0 saturated carbocycles. The lowest BCUT2D eigenvalue weighted by Gasteiger charge is -2.29. The minimum absolute atomic E-state index is 0.0296. The number of imidazole rings is 1. The Hall–Kier alpha value is -2.24. The number of carbonyl (C=O) groups excluding carboxylic acids is 2. The number of aromatic nitrogens is 2. The first-order valence-corrected chi connectivity index (χ1v) is 13.2. The second kappa shape index (κ2) is 9.32. The molecule has 32 heavy (non-hydrogen) atoms. The third-order valence-corrected chi connectivity index (χ3v) is 9.29. The number of piperidine rings is 1. The van der Waals surface area contributed by atoms with Crippen molar-refractivity contribution in [2.75, 3.05) is 13.1 Å². The largest absolute Gasteiger partial charge is 0.337 e. The quantitative estimate of drug-likeness (QED) is 0.514. The molecule has 11 heteroatoms. The highest BCUT2D eigenvalue weighted by Crippen LogP contribution is 2.29. The smallest absolute Gasteiger partial charge is 0.279 e. The number of amides is 2. The average Bonchev–Trinajstić information content (AvgIpc) is 3.27. The van der Waals surface area contributed by atoms with Crippen LogP contribution in [0.15, 0.2) is 17.3 Å². The molecule has 174 valence electrons. The highest BCUT2D eigenvalue weighted by atomic mass is 32.2. The minimum Gasteiger partial charge on any atom is -0.337 e. The van der Waals surface area contributed by atoms with Crippen molar-refractivity contribution in [1.29, 1.82) is 0 Å². The van der Waals surface area contributed by atoms with Gasteiger partial charge in [0.1, 0.15) is 5.82 Å². The van der Waals surface area contributed by atoms with E-state index in [0.29, 0.717) is 23.5 Å². The molecular formula is C21H29N5O4S2. The van der Waals surface area contributed by atoms with Gasteiger partial charge in [0.05, 0.1) is 4.88 Å². The number of hydrazine groups is 1. The van der Waals surface area contributed by atoms with E-state index in [9.17, 15) is 18.0 Å². The molecule has 2 N–H and O–H groups in total. The zero-order valence-electron chi connectivity index (χ0n) is 18.4. The van der Waals surface area contributed by atoms with E-state index in [-0.39, 0.29) is 35.8 Å². The molecule has 2 aromatic heterocycles. The molecule has 0 aromatic carbocycles. The predicted molar refractivity (Wildman–Crippen MR) is 121 cm³/mol. The second-order valence-electron chi connectivity index (χ2n) is 8.48. The Morgan fingerprint density at radius 3 is 2.53 bits per heavy atom. The Morgan fingerprint density at radius 1 is 1.12 bits per heavy atom. The first kappa shape index (κ1) is 22.9. The fraction of sp³-hybridized carbons (Fsp3) is 0.571. The van der Waals surface area contributed by atoms with Gasteiger partial charge in [0, 0.05) is 37.1 Å². The van der Waals surface area contributed by atoms with Gasteiger partial charge >= 0.3 is 0 Å². The summed E-state index contributed by atoms with van der Waals surface area (Å²) in [6, 6.07) is 1.94. The number of hydrogen-bond donors (Lipinski definition) is 2. The van der Waals surface area contributed by atoms with Crippen LogP contribution in [0.4, 0.5) is 0 Å². The van der Waals surface area contributed by atoms with Crippen molar-refractivity contribution < 1.29 is 18.0 Å². The van der Waals surface area contributed by atoms with Crippen molar-refractivity contribution in [2.24, 2.45) is 13.0 Å². The van der Waals surface area contributed by atoms with E-state index in [1.165, 1.54) is 38.7 Å². The maximum atomic E-state index is 12.8. The van der Waals surface area contributed by atoms with Gasteiger partial charge in [-0.1, -0.05) is 6.42 Å². The number of rotatable bonds is 4. The molecule has 2 aliphatic rings. The molecule has 0 radical (unpaired) electrons. The van der Waals surface area contributed by atoms with Gasteiger partial charge in [0.25, 0.3) is 15.9 Å². The van der Waals surface area contributed by atoms with E-state index < -0.39 is 10.0 Å². The van der Waals surface area contributed by atoms with E-state index in [1.807, 2.05) is 6.07 Å². The molecule has 1 fully saturated rings. The summed E-state index contributed by atoms with van der Waals surface area (Å²) in [5.74, 6) is -0.327. The van der Waals surface area contributed by atoms with E-state index in [4.69, 9.17) is 0 Å². The van der Waals surface area contributed by atoms with E-state index in [0.717, 1.165) is 25.7 Å². The summed E-state index contributed by atoms with van der Waals surface area (Å²) in [5.41, 5.74) is 6.30. The summed E-state index contributed by atoms with van der Waals surface area (Å²) in [7, 11) is -1.93. The molecule has 0 bridgehead atoms. The van der Waals surface area contributed by atoms with Crippen molar-refractivity contribution >= 4 is 33.2 Å². The third kappa shape index (κ3) is 4.74. The number of fused-ring (bicyclic) bond motifs is 1. The molecule has 9 nitrogen and oxygen atoms in total. The number of nitrogens with zero attached hydrogens (tertiary/aromatic N) is 3. The normalized spacial score (nSPS) is 18.1. The van der Waals surface area contributed by atoms with Crippen molar-refractivity contribution in [2.45, 2.75) is 56.9 Å². The summed E-state index contributed by atoms with van der Waals surface area (Å²) in [4.78, 5) is 31.0. The maximum absolute atomic E-state index is 12.8. The number of hydrogen-bond acceptors (Lipinski definition) is 6. The van der Waals surface area contributed by atoms with Crippen molar-refractivity contribution in [1.82, 2.24) is 24.7 Å². The molecule has 1 aliphatic carbocycles. The SMILES string of the molecule is Cc1nc(S(=O)(=O)N2CCC(C(=O)NNC(=O)c3cc4c(s3)CCCCC4)CC2)cn1C. The summed E-state index contributed by atoms with van der Waals surface area (Å²) in [5, 5.41) is 0.0296. The van der Waals surface area contributed by atoms with E-state index >= 15 is 0 Å². The fourth-order valence-electron chi connectivity index (χ4n) is 4.20. The maximum Gasteiger partial charge on any atom is 0.279 e. The first-order valence-electron chi connectivity index (χ1n) is 11.0. The van der Waals surface area contributed by atoms with Gasteiger partial charge in [-0.3, -0.25) is 20.4 Å². The van der Waals surface area contributed by atoms with Crippen LogP contribution in [0.1, 0.15) is 58.0 Å². The number of thiophene rings is 1. The summed E-state index contributed by atoms with van der Waals surface area (Å²) in [6.45, 7) is 2.22. The molecule has 2 aromatic rings. The number of sulfonamides is 1. The van der Waals surface area contributed by atoms with Gasteiger partial charge in [-0.25, -0.2) is 13.4 Å². The topological polar surface area (TPSA) is 113 Å².